The fourth-order valence-corrected chi connectivity index (χ4v) is 7.76. The van der Waals surface area contributed by atoms with E-state index < -0.39 is 0 Å². The van der Waals surface area contributed by atoms with Gasteiger partial charge in [0, 0.05) is 24.2 Å². The molecule has 1 heteroatoms. The average Bonchev–Trinajstić information content (AvgIpc) is 3.11. The summed E-state index contributed by atoms with van der Waals surface area (Å²) in [5.74, 6) is 1.56. The fraction of sp³-hybridized carbons (Fsp3) is 0.186. The van der Waals surface area contributed by atoms with Crippen molar-refractivity contribution >= 4 is 37.9 Å². The monoisotopic (exact) mass is 567 g/mol. The summed E-state index contributed by atoms with van der Waals surface area (Å²) < 4.78 is 0. The van der Waals surface area contributed by atoms with Crippen LogP contribution in [0.25, 0.3) is 49.0 Å². The SMILES string of the molecule is CCC1C=CC(c2c3ccccc3c(-c3ccc(C4=CCC(c5ccncc5)C=C4)c4ccccc34)c3ccccc23)CC1. The van der Waals surface area contributed by atoms with Gasteiger partial charge in [-0.1, -0.05) is 122 Å². The zero-order valence-corrected chi connectivity index (χ0v) is 25.3. The normalized spacial score (nSPS) is 19.9. The number of hydrogen-bond acceptors (Lipinski definition) is 1. The first kappa shape index (κ1) is 26.8. The molecular weight excluding hydrogens is 530 g/mol. The number of hydrogen-bond donors (Lipinski definition) is 0. The molecule has 0 amide bonds. The molecule has 5 aromatic carbocycles. The van der Waals surface area contributed by atoms with Crippen LogP contribution >= 0.6 is 0 Å². The fourth-order valence-electron chi connectivity index (χ4n) is 7.76. The predicted octanol–water partition coefficient (Wildman–Crippen LogP) is 11.8. The van der Waals surface area contributed by atoms with Crippen LogP contribution in [0.15, 0.2) is 140 Å². The van der Waals surface area contributed by atoms with Crippen LogP contribution in [0.1, 0.15) is 61.1 Å². The molecule has 1 aromatic heterocycles. The van der Waals surface area contributed by atoms with Gasteiger partial charge in [-0.2, -0.15) is 0 Å². The summed E-state index contributed by atoms with van der Waals surface area (Å²) >= 11 is 0. The minimum atomic E-state index is 0.399. The zero-order chi connectivity index (χ0) is 29.5. The third kappa shape index (κ3) is 4.59. The number of nitrogens with zero attached hydrogens (tertiary/aromatic N) is 1. The first-order valence-electron chi connectivity index (χ1n) is 16.2. The van der Waals surface area contributed by atoms with Crippen LogP contribution in [0.5, 0.6) is 0 Å². The smallest absolute Gasteiger partial charge is 0.0270 e. The molecule has 8 rings (SSSR count). The van der Waals surface area contributed by atoms with E-state index in [1.165, 1.54) is 85.0 Å². The number of fused-ring (bicyclic) bond motifs is 3. The lowest BCUT2D eigenvalue weighted by molar-refractivity contribution is 0.501. The Morgan fingerprint density at radius 2 is 1.20 bits per heavy atom. The summed E-state index contributed by atoms with van der Waals surface area (Å²) in [6.07, 6.45) is 20.5. The Hall–Kier alpha value is -4.75. The highest BCUT2D eigenvalue weighted by Gasteiger charge is 2.24. The van der Waals surface area contributed by atoms with Crippen molar-refractivity contribution in [2.75, 3.05) is 0 Å². The molecule has 0 saturated heterocycles. The molecule has 0 fully saturated rings. The van der Waals surface area contributed by atoms with E-state index >= 15 is 0 Å². The van der Waals surface area contributed by atoms with Gasteiger partial charge in [-0.15, -0.1) is 0 Å². The van der Waals surface area contributed by atoms with Crippen molar-refractivity contribution in [2.24, 2.45) is 5.92 Å². The number of rotatable bonds is 5. The summed E-state index contributed by atoms with van der Waals surface area (Å²) in [5.41, 5.74) is 8.08. The van der Waals surface area contributed by atoms with Crippen LogP contribution in [-0.2, 0) is 0 Å². The lowest BCUT2D eigenvalue weighted by Gasteiger charge is -2.26. The van der Waals surface area contributed by atoms with Gasteiger partial charge in [-0.25, -0.2) is 0 Å². The van der Waals surface area contributed by atoms with E-state index in [1.807, 2.05) is 12.4 Å². The molecule has 44 heavy (non-hydrogen) atoms. The first-order valence-corrected chi connectivity index (χ1v) is 16.2. The Kier molecular flexibility index (Phi) is 6.95. The maximum absolute atomic E-state index is 4.20. The van der Waals surface area contributed by atoms with Crippen LogP contribution in [0.3, 0.4) is 0 Å². The van der Waals surface area contributed by atoms with E-state index in [1.54, 1.807) is 0 Å². The lowest BCUT2D eigenvalue weighted by atomic mass is 9.77. The molecule has 0 saturated carbocycles. The van der Waals surface area contributed by atoms with Gasteiger partial charge in [-0.3, -0.25) is 4.98 Å². The standard InChI is InChI=1S/C43H37N/c1-2-29-15-17-33(18-16-29)42-37-11-5-7-13-39(37)43(40-14-8-6-12-38(40)42)41-24-23-34(35-9-3-4-10-36(35)41)32-21-19-30(20-22-32)31-25-27-44-28-26-31/h3-15,17,19,21-30,33H,2,16,18,20H2,1H3. The topological polar surface area (TPSA) is 12.9 Å². The summed E-state index contributed by atoms with van der Waals surface area (Å²) in [6, 6.07) is 36.2. The Bertz CT molecular complexity index is 2040. The molecule has 0 aliphatic heterocycles. The Morgan fingerprint density at radius 1 is 0.591 bits per heavy atom. The average molecular weight is 568 g/mol. The Morgan fingerprint density at radius 3 is 1.80 bits per heavy atom. The van der Waals surface area contributed by atoms with Crippen molar-refractivity contribution < 1.29 is 0 Å². The number of allylic oxidation sites excluding steroid dienone is 6. The quantitative estimate of drug-likeness (QED) is 0.149. The maximum Gasteiger partial charge on any atom is 0.0270 e. The highest BCUT2D eigenvalue weighted by atomic mass is 14.6. The largest absolute Gasteiger partial charge is 0.265 e. The summed E-state index contributed by atoms with van der Waals surface area (Å²) in [4.78, 5) is 4.20. The van der Waals surface area contributed by atoms with E-state index in [9.17, 15) is 0 Å². The zero-order valence-electron chi connectivity index (χ0n) is 25.3. The molecule has 3 atom stereocenters. The van der Waals surface area contributed by atoms with E-state index in [0.29, 0.717) is 17.8 Å². The van der Waals surface area contributed by atoms with E-state index in [-0.39, 0.29) is 0 Å². The molecule has 214 valence electrons. The van der Waals surface area contributed by atoms with Crippen molar-refractivity contribution in [1.82, 2.24) is 4.98 Å². The highest BCUT2D eigenvalue weighted by molar-refractivity contribution is 6.19. The Balaban J connectivity index is 1.30. The molecule has 0 radical (unpaired) electrons. The second-order valence-corrected chi connectivity index (χ2v) is 12.5. The molecule has 3 unspecified atom stereocenters. The summed E-state index contributed by atoms with van der Waals surface area (Å²) in [5, 5.41) is 8.09. The number of pyridine rings is 1. The molecule has 0 N–H and O–H groups in total. The van der Waals surface area contributed by atoms with Crippen LogP contribution in [0.4, 0.5) is 0 Å². The molecule has 0 spiro atoms. The molecule has 1 nitrogen and oxygen atoms in total. The minimum absolute atomic E-state index is 0.399. The van der Waals surface area contributed by atoms with Gasteiger partial charge in [0.15, 0.2) is 0 Å². The third-order valence-corrected chi connectivity index (χ3v) is 10.1. The third-order valence-electron chi connectivity index (χ3n) is 10.1. The second-order valence-electron chi connectivity index (χ2n) is 12.5. The first-order chi connectivity index (χ1) is 21.8. The van der Waals surface area contributed by atoms with Crippen molar-refractivity contribution in [3.05, 3.63) is 157 Å². The van der Waals surface area contributed by atoms with Gasteiger partial charge in [0.05, 0.1) is 0 Å². The molecule has 1 heterocycles. The van der Waals surface area contributed by atoms with E-state index in [0.717, 1.165) is 6.42 Å². The van der Waals surface area contributed by atoms with E-state index in [2.05, 4.69) is 139 Å². The summed E-state index contributed by atoms with van der Waals surface area (Å²) in [7, 11) is 0. The van der Waals surface area contributed by atoms with Crippen LogP contribution in [-0.4, -0.2) is 4.98 Å². The van der Waals surface area contributed by atoms with Crippen LogP contribution in [0.2, 0.25) is 0 Å². The van der Waals surface area contributed by atoms with Crippen molar-refractivity contribution in [1.29, 1.82) is 0 Å². The Labute approximate surface area is 260 Å². The number of benzene rings is 5. The van der Waals surface area contributed by atoms with Gasteiger partial charge in [0.1, 0.15) is 0 Å². The molecule has 2 aliphatic rings. The van der Waals surface area contributed by atoms with Crippen molar-refractivity contribution in [2.45, 2.75) is 44.4 Å². The van der Waals surface area contributed by atoms with Gasteiger partial charge in [-0.05, 0) is 109 Å². The molecule has 6 aromatic rings. The predicted molar refractivity (Wildman–Crippen MR) is 188 cm³/mol. The van der Waals surface area contributed by atoms with E-state index in [4.69, 9.17) is 0 Å². The van der Waals surface area contributed by atoms with Gasteiger partial charge >= 0.3 is 0 Å². The molecular formula is C43H37N. The summed E-state index contributed by atoms with van der Waals surface area (Å²) in [6.45, 7) is 2.31. The van der Waals surface area contributed by atoms with Gasteiger partial charge in [0.2, 0.25) is 0 Å². The minimum Gasteiger partial charge on any atom is -0.265 e. The highest BCUT2D eigenvalue weighted by Crippen LogP contribution is 2.47. The van der Waals surface area contributed by atoms with Crippen LogP contribution in [0, 0.1) is 5.92 Å². The van der Waals surface area contributed by atoms with Crippen LogP contribution < -0.4 is 0 Å². The van der Waals surface area contributed by atoms with Crippen molar-refractivity contribution in [3.63, 3.8) is 0 Å². The number of aromatic nitrogens is 1. The second kappa shape index (κ2) is 11.4. The van der Waals surface area contributed by atoms with Crippen molar-refractivity contribution in [3.8, 4) is 11.1 Å². The molecule has 0 bridgehead atoms. The van der Waals surface area contributed by atoms with Gasteiger partial charge < -0.3 is 0 Å². The molecule has 2 aliphatic carbocycles. The lowest BCUT2D eigenvalue weighted by Crippen LogP contribution is -2.08. The van der Waals surface area contributed by atoms with Gasteiger partial charge in [0.25, 0.3) is 0 Å². The maximum atomic E-state index is 4.20.